The first kappa shape index (κ1) is 23.9. The Morgan fingerprint density at radius 3 is 2.44 bits per heavy atom. The molecule has 36 heavy (non-hydrogen) atoms. The summed E-state index contributed by atoms with van der Waals surface area (Å²) in [5.41, 5.74) is 3.25. The van der Waals surface area contributed by atoms with Crippen LogP contribution in [0.1, 0.15) is 32.3 Å². The van der Waals surface area contributed by atoms with Crippen LogP contribution in [0.5, 0.6) is 0 Å². The van der Waals surface area contributed by atoms with Crippen molar-refractivity contribution in [2.45, 2.75) is 39.3 Å². The lowest BCUT2D eigenvalue weighted by Gasteiger charge is -2.32. The third-order valence-corrected chi connectivity index (χ3v) is 6.70. The van der Waals surface area contributed by atoms with Crippen molar-refractivity contribution in [1.82, 2.24) is 24.8 Å². The predicted molar refractivity (Wildman–Crippen MR) is 147 cm³/mol. The van der Waals surface area contributed by atoms with E-state index in [9.17, 15) is 0 Å². The van der Waals surface area contributed by atoms with Gasteiger partial charge in [0.05, 0.1) is 5.52 Å². The fourth-order valence-electron chi connectivity index (χ4n) is 4.68. The number of aromatic nitrogens is 4. The summed E-state index contributed by atoms with van der Waals surface area (Å²) in [6.07, 6.45) is 3.92. The van der Waals surface area contributed by atoms with E-state index in [2.05, 4.69) is 81.7 Å². The molecule has 1 saturated heterocycles. The Morgan fingerprint density at radius 1 is 0.889 bits per heavy atom. The zero-order chi connectivity index (χ0) is 24.7. The van der Waals surface area contributed by atoms with Gasteiger partial charge in [0.15, 0.2) is 0 Å². The number of nitrogens with one attached hydrogen (secondary N) is 2. The van der Waals surface area contributed by atoms with Crippen LogP contribution in [0.3, 0.4) is 0 Å². The molecule has 0 unspecified atom stereocenters. The summed E-state index contributed by atoms with van der Waals surface area (Å²) in [6.45, 7) is 9.00. The van der Waals surface area contributed by atoms with E-state index in [1.54, 1.807) is 0 Å². The third kappa shape index (κ3) is 5.88. The molecule has 1 aliphatic heterocycles. The molecular weight excluding hydrogens is 448 g/mol. The Bertz CT molecular complexity index is 1270. The van der Waals surface area contributed by atoms with E-state index >= 15 is 0 Å². The molecule has 0 radical (unpaired) electrons. The van der Waals surface area contributed by atoms with E-state index in [0.29, 0.717) is 23.9 Å². The number of likely N-dealkylation sites (tertiary alicyclic amines) is 1. The Labute approximate surface area is 212 Å². The fraction of sp³-hybridized carbons (Fsp3) is 0.357. The number of hydrogen-bond acceptors (Lipinski definition) is 8. The molecule has 3 heterocycles. The van der Waals surface area contributed by atoms with Crippen molar-refractivity contribution < 1.29 is 0 Å². The van der Waals surface area contributed by atoms with Crippen LogP contribution in [0, 0.1) is 0 Å². The average Bonchev–Trinajstić information content (AvgIpc) is 2.91. The molecule has 5 rings (SSSR count). The average molecular weight is 483 g/mol. The number of fused-ring (bicyclic) bond motifs is 1. The smallest absolute Gasteiger partial charge is 0.233 e. The molecule has 186 valence electrons. The first-order valence-corrected chi connectivity index (χ1v) is 12.9. The van der Waals surface area contributed by atoms with Crippen molar-refractivity contribution in [3.63, 3.8) is 0 Å². The molecular formula is C28H34N8. The maximum atomic E-state index is 4.78. The van der Waals surface area contributed by atoms with Crippen molar-refractivity contribution in [2.75, 3.05) is 41.7 Å². The van der Waals surface area contributed by atoms with E-state index < -0.39 is 0 Å². The molecule has 0 saturated carbocycles. The van der Waals surface area contributed by atoms with Crippen molar-refractivity contribution in [3.8, 4) is 0 Å². The quantitative estimate of drug-likeness (QED) is 0.342. The minimum atomic E-state index is 0.337. The van der Waals surface area contributed by atoms with Crippen LogP contribution in [-0.2, 0) is 6.54 Å². The molecule has 1 aliphatic rings. The number of piperidine rings is 1. The zero-order valence-corrected chi connectivity index (χ0v) is 21.1. The fourth-order valence-corrected chi connectivity index (χ4v) is 4.68. The van der Waals surface area contributed by atoms with Gasteiger partial charge in [-0.3, -0.25) is 9.88 Å². The molecule has 2 N–H and O–H groups in total. The van der Waals surface area contributed by atoms with Crippen molar-refractivity contribution in [1.29, 1.82) is 0 Å². The molecule has 0 aliphatic carbocycles. The normalized spacial score (nSPS) is 14.6. The van der Waals surface area contributed by atoms with Crippen LogP contribution in [-0.4, -0.2) is 57.1 Å². The molecule has 8 heteroatoms. The van der Waals surface area contributed by atoms with Gasteiger partial charge in [0.2, 0.25) is 17.8 Å². The topological polar surface area (TPSA) is 82.1 Å². The lowest BCUT2D eigenvalue weighted by molar-refractivity contribution is 0.211. The number of nitrogens with zero attached hydrogens (tertiary/aromatic N) is 6. The molecule has 0 spiro atoms. The van der Waals surface area contributed by atoms with Gasteiger partial charge in [0.25, 0.3) is 0 Å². The second-order valence-electron chi connectivity index (χ2n) is 9.17. The summed E-state index contributed by atoms with van der Waals surface area (Å²) in [4.78, 5) is 23.3. The lowest BCUT2D eigenvalue weighted by atomic mass is 10.0. The van der Waals surface area contributed by atoms with Gasteiger partial charge in [0.1, 0.15) is 0 Å². The monoisotopic (exact) mass is 482 g/mol. The van der Waals surface area contributed by atoms with Gasteiger partial charge in [-0.05, 0) is 56.5 Å². The number of benzene rings is 2. The van der Waals surface area contributed by atoms with Gasteiger partial charge in [-0.25, -0.2) is 0 Å². The van der Waals surface area contributed by atoms with Crippen LogP contribution >= 0.6 is 0 Å². The first-order chi connectivity index (χ1) is 17.7. The molecule has 0 atom stereocenters. The first-order valence-electron chi connectivity index (χ1n) is 12.9. The van der Waals surface area contributed by atoms with E-state index in [1.807, 2.05) is 24.4 Å². The summed E-state index contributed by atoms with van der Waals surface area (Å²) in [6, 6.07) is 21.1. The number of hydrogen-bond donors (Lipinski definition) is 2. The largest absolute Gasteiger partial charge is 0.351 e. The van der Waals surface area contributed by atoms with Crippen LogP contribution in [0.2, 0.25) is 0 Å². The van der Waals surface area contributed by atoms with Crippen LogP contribution in [0.15, 0.2) is 66.9 Å². The maximum Gasteiger partial charge on any atom is 0.233 e. The standard InChI is InChI=1S/C28H34N8/c1-3-36(4-2)28-33-26(30-23-14-17-35(18-15-23)20-21-9-6-5-7-10-21)32-27(34-28)31-24-12-13-25-22(19-24)11-8-16-29-25/h5-13,16,19,23H,3-4,14-15,17-18,20H2,1-2H3,(H2,30,31,32,33,34). The molecule has 2 aromatic heterocycles. The molecule has 4 aromatic rings. The molecule has 8 nitrogen and oxygen atoms in total. The van der Waals surface area contributed by atoms with Gasteiger partial charge >= 0.3 is 0 Å². The molecule has 0 amide bonds. The van der Waals surface area contributed by atoms with Crippen LogP contribution in [0.25, 0.3) is 10.9 Å². The Morgan fingerprint density at radius 2 is 1.67 bits per heavy atom. The van der Waals surface area contributed by atoms with E-state index in [4.69, 9.17) is 15.0 Å². The molecule has 1 fully saturated rings. The summed E-state index contributed by atoms with van der Waals surface area (Å²) in [7, 11) is 0. The molecule has 0 bridgehead atoms. The van der Waals surface area contributed by atoms with Crippen LogP contribution in [0.4, 0.5) is 23.5 Å². The number of anilines is 4. The zero-order valence-electron chi connectivity index (χ0n) is 21.1. The lowest BCUT2D eigenvalue weighted by Crippen LogP contribution is -2.39. The summed E-state index contributed by atoms with van der Waals surface area (Å²) < 4.78 is 0. The summed E-state index contributed by atoms with van der Waals surface area (Å²) in [5.74, 6) is 1.85. The predicted octanol–water partition coefficient (Wildman–Crippen LogP) is 5.09. The number of pyridine rings is 1. The van der Waals surface area contributed by atoms with Crippen molar-refractivity contribution in [3.05, 3.63) is 72.4 Å². The van der Waals surface area contributed by atoms with Crippen LogP contribution < -0.4 is 15.5 Å². The molecule has 2 aromatic carbocycles. The highest BCUT2D eigenvalue weighted by atomic mass is 15.3. The van der Waals surface area contributed by atoms with E-state index in [1.165, 1.54) is 5.56 Å². The van der Waals surface area contributed by atoms with E-state index in [0.717, 1.165) is 62.2 Å². The van der Waals surface area contributed by atoms with Gasteiger partial charge in [0, 0.05) is 56.0 Å². The van der Waals surface area contributed by atoms with E-state index in [-0.39, 0.29) is 0 Å². The highest BCUT2D eigenvalue weighted by Gasteiger charge is 2.21. The minimum Gasteiger partial charge on any atom is -0.351 e. The van der Waals surface area contributed by atoms with Gasteiger partial charge in [-0.2, -0.15) is 15.0 Å². The minimum absolute atomic E-state index is 0.337. The highest BCUT2D eigenvalue weighted by Crippen LogP contribution is 2.23. The Hall–Kier alpha value is -3.78. The van der Waals surface area contributed by atoms with Gasteiger partial charge in [-0.15, -0.1) is 0 Å². The van der Waals surface area contributed by atoms with Crippen molar-refractivity contribution in [2.24, 2.45) is 0 Å². The Balaban J connectivity index is 1.30. The summed E-state index contributed by atoms with van der Waals surface area (Å²) >= 11 is 0. The SMILES string of the molecule is CCN(CC)c1nc(Nc2ccc3ncccc3c2)nc(NC2CCN(Cc3ccccc3)CC2)n1. The Kier molecular flexibility index (Phi) is 7.52. The maximum absolute atomic E-state index is 4.78. The van der Waals surface area contributed by atoms with Crippen molar-refractivity contribution >= 4 is 34.4 Å². The third-order valence-electron chi connectivity index (χ3n) is 6.70. The van der Waals surface area contributed by atoms with Gasteiger partial charge < -0.3 is 15.5 Å². The highest BCUT2D eigenvalue weighted by molar-refractivity contribution is 5.82. The second-order valence-corrected chi connectivity index (χ2v) is 9.17. The second kappa shape index (κ2) is 11.3. The number of rotatable bonds is 9. The van der Waals surface area contributed by atoms with Gasteiger partial charge in [-0.1, -0.05) is 36.4 Å². The summed E-state index contributed by atoms with van der Waals surface area (Å²) in [5, 5.41) is 8.06.